The zero-order valence-corrected chi connectivity index (χ0v) is 13.2. The van der Waals surface area contributed by atoms with Crippen LogP contribution in [-0.2, 0) is 6.54 Å². The van der Waals surface area contributed by atoms with Crippen molar-refractivity contribution in [1.29, 1.82) is 0 Å². The molecule has 0 amide bonds. The molecular weight excluding hydrogens is 289 g/mol. The molecule has 0 bridgehead atoms. The lowest BCUT2D eigenvalue weighted by molar-refractivity contribution is 0.286. The zero-order chi connectivity index (χ0) is 13.6. The van der Waals surface area contributed by atoms with Crippen molar-refractivity contribution in [2.75, 3.05) is 12.4 Å². The van der Waals surface area contributed by atoms with Gasteiger partial charge in [0.05, 0.1) is 0 Å². The topological polar surface area (TPSA) is 12.0 Å². The Morgan fingerprint density at radius 3 is 2.39 bits per heavy atom. The fraction of sp³-hybridized carbons (Fsp3) is 0.571. The van der Waals surface area contributed by atoms with E-state index in [4.69, 9.17) is 34.8 Å². The number of alkyl halides is 1. The van der Waals surface area contributed by atoms with Crippen molar-refractivity contribution in [2.45, 2.75) is 33.2 Å². The van der Waals surface area contributed by atoms with E-state index in [1.54, 1.807) is 6.07 Å². The second-order valence-electron chi connectivity index (χ2n) is 4.68. The second-order valence-corrected chi connectivity index (χ2v) is 5.79. The predicted octanol–water partition coefficient (Wildman–Crippen LogP) is 5.13. The van der Waals surface area contributed by atoms with Crippen LogP contribution >= 0.6 is 34.8 Å². The molecule has 1 aromatic rings. The monoisotopic (exact) mass is 307 g/mol. The van der Waals surface area contributed by atoms with Crippen LogP contribution in [0, 0.1) is 5.41 Å². The molecular formula is C14H20Cl3N. The molecule has 18 heavy (non-hydrogen) atoms. The Balaban J connectivity index is 2.57. The molecule has 0 saturated carbocycles. The summed E-state index contributed by atoms with van der Waals surface area (Å²) in [5.74, 6) is 0.677. The first-order valence-electron chi connectivity index (χ1n) is 6.27. The number of nitrogens with one attached hydrogen (secondary N) is 1. The van der Waals surface area contributed by atoms with Crippen LogP contribution in [0.15, 0.2) is 18.2 Å². The van der Waals surface area contributed by atoms with Crippen LogP contribution in [-0.4, -0.2) is 12.4 Å². The summed E-state index contributed by atoms with van der Waals surface area (Å²) in [6.45, 7) is 5.98. The average Bonchev–Trinajstić information content (AvgIpc) is 2.39. The number of benzene rings is 1. The standard InChI is InChI=1S/C14H20Cl3N/c1-3-14(4-2,9-15)10-18-8-11-7-12(16)5-6-13(11)17/h5-7,18H,3-4,8-10H2,1-2H3. The van der Waals surface area contributed by atoms with E-state index >= 15 is 0 Å². The van der Waals surface area contributed by atoms with E-state index < -0.39 is 0 Å². The second kappa shape index (κ2) is 7.59. The van der Waals surface area contributed by atoms with Crippen LogP contribution in [0.1, 0.15) is 32.3 Å². The minimum Gasteiger partial charge on any atom is -0.312 e. The maximum atomic E-state index is 6.12. The maximum absolute atomic E-state index is 6.12. The molecule has 0 atom stereocenters. The first-order valence-corrected chi connectivity index (χ1v) is 7.56. The van der Waals surface area contributed by atoms with E-state index in [9.17, 15) is 0 Å². The van der Waals surface area contributed by atoms with E-state index in [2.05, 4.69) is 19.2 Å². The molecule has 102 valence electrons. The molecule has 0 unspecified atom stereocenters. The molecule has 0 aliphatic rings. The molecule has 1 nitrogen and oxygen atoms in total. The van der Waals surface area contributed by atoms with Crippen molar-refractivity contribution in [2.24, 2.45) is 5.41 Å². The van der Waals surface area contributed by atoms with Crippen molar-refractivity contribution < 1.29 is 0 Å². The largest absolute Gasteiger partial charge is 0.312 e. The van der Waals surface area contributed by atoms with Gasteiger partial charge in [0.1, 0.15) is 0 Å². The van der Waals surface area contributed by atoms with Gasteiger partial charge in [-0.25, -0.2) is 0 Å². The summed E-state index contributed by atoms with van der Waals surface area (Å²) < 4.78 is 0. The van der Waals surface area contributed by atoms with Gasteiger partial charge in [-0.2, -0.15) is 0 Å². The summed E-state index contributed by atoms with van der Waals surface area (Å²) in [6.07, 6.45) is 2.15. The van der Waals surface area contributed by atoms with E-state index in [-0.39, 0.29) is 5.41 Å². The number of halogens is 3. The third kappa shape index (κ3) is 4.31. The van der Waals surface area contributed by atoms with Gasteiger partial charge in [0.2, 0.25) is 0 Å². The Morgan fingerprint density at radius 1 is 1.17 bits per heavy atom. The van der Waals surface area contributed by atoms with Gasteiger partial charge >= 0.3 is 0 Å². The summed E-state index contributed by atoms with van der Waals surface area (Å²) in [6, 6.07) is 5.53. The quantitative estimate of drug-likeness (QED) is 0.689. The summed E-state index contributed by atoms with van der Waals surface area (Å²) >= 11 is 18.2. The molecule has 0 radical (unpaired) electrons. The van der Waals surface area contributed by atoms with Gasteiger partial charge in [0, 0.05) is 29.0 Å². The van der Waals surface area contributed by atoms with Crippen molar-refractivity contribution in [3.8, 4) is 0 Å². The molecule has 1 N–H and O–H groups in total. The molecule has 0 aromatic heterocycles. The Labute approximate surface area is 125 Å². The molecule has 1 rings (SSSR count). The van der Waals surface area contributed by atoms with Crippen LogP contribution in [0.2, 0.25) is 10.0 Å². The van der Waals surface area contributed by atoms with E-state index in [1.807, 2.05) is 12.1 Å². The third-order valence-corrected chi connectivity index (χ3v) is 4.78. The molecule has 0 aliphatic heterocycles. The third-order valence-electron chi connectivity index (χ3n) is 3.61. The van der Waals surface area contributed by atoms with Gasteiger partial charge in [-0.15, -0.1) is 11.6 Å². The molecule has 0 spiro atoms. The van der Waals surface area contributed by atoms with Crippen molar-refractivity contribution in [3.63, 3.8) is 0 Å². The van der Waals surface area contributed by atoms with Crippen molar-refractivity contribution in [3.05, 3.63) is 33.8 Å². The van der Waals surface area contributed by atoms with Gasteiger partial charge in [0.15, 0.2) is 0 Å². The number of hydrogen-bond donors (Lipinski definition) is 1. The van der Waals surface area contributed by atoms with E-state index in [0.717, 1.165) is 36.5 Å². The van der Waals surface area contributed by atoms with Crippen molar-refractivity contribution in [1.82, 2.24) is 5.32 Å². The lowest BCUT2D eigenvalue weighted by atomic mass is 9.84. The average molecular weight is 309 g/mol. The highest BCUT2D eigenvalue weighted by atomic mass is 35.5. The Hall–Kier alpha value is 0.0500. The molecule has 0 heterocycles. The normalized spacial score (nSPS) is 11.8. The SMILES string of the molecule is CCC(CC)(CCl)CNCc1cc(Cl)ccc1Cl. The van der Waals surface area contributed by atoms with E-state index in [0.29, 0.717) is 10.9 Å². The fourth-order valence-electron chi connectivity index (χ4n) is 1.88. The van der Waals surface area contributed by atoms with Gasteiger partial charge in [-0.1, -0.05) is 37.0 Å². The van der Waals surface area contributed by atoms with Crippen LogP contribution in [0.3, 0.4) is 0 Å². The highest BCUT2D eigenvalue weighted by Gasteiger charge is 2.24. The van der Waals surface area contributed by atoms with Gasteiger partial charge in [-0.05, 0) is 42.0 Å². The molecule has 0 saturated heterocycles. The van der Waals surface area contributed by atoms with Crippen LogP contribution in [0.4, 0.5) is 0 Å². The molecule has 0 aliphatic carbocycles. The summed E-state index contributed by atoms with van der Waals surface area (Å²) in [4.78, 5) is 0. The summed E-state index contributed by atoms with van der Waals surface area (Å²) in [5, 5.41) is 4.90. The minimum atomic E-state index is 0.173. The van der Waals surface area contributed by atoms with Gasteiger partial charge in [-0.3, -0.25) is 0 Å². The Bertz CT molecular complexity index is 367. The lowest BCUT2D eigenvalue weighted by Gasteiger charge is -2.29. The number of rotatable bonds is 7. The van der Waals surface area contributed by atoms with Crippen LogP contribution < -0.4 is 5.32 Å². The zero-order valence-electron chi connectivity index (χ0n) is 10.9. The summed E-state index contributed by atoms with van der Waals surface area (Å²) in [7, 11) is 0. The first-order chi connectivity index (χ1) is 8.56. The van der Waals surface area contributed by atoms with Gasteiger partial charge in [0.25, 0.3) is 0 Å². The molecule has 1 aromatic carbocycles. The summed E-state index contributed by atoms with van der Waals surface area (Å²) in [5.41, 5.74) is 1.20. The van der Waals surface area contributed by atoms with Crippen LogP contribution in [0.5, 0.6) is 0 Å². The molecule has 0 fully saturated rings. The maximum Gasteiger partial charge on any atom is 0.0451 e. The smallest absolute Gasteiger partial charge is 0.0451 e. The number of hydrogen-bond acceptors (Lipinski definition) is 1. The first kappa shape index (κ1) is 16.1. The Kier molecular flexibility index (Phi) is 6.79. The lowest BCUT2D eigenvalue weighted by Crippen LogP contribution is -2.34. The minimum absolute atomic E-state index is 0.173. The van der Waals surface area contributed by atoms with Gasteiger partial charge < -0.3 is 5.32 Å². The van der Waals surface area contributed by atoms with Crippen molar-refractivity contribution >= 4 is 34.8 Å². The van der Waals surface area contributed by atoms with E-state index in [1.165, 1.54) is 0 Å². The fourth-order valence-corrected chi connectivity index (χ4v) is 2.73. The highest BCUT2D eigenvalue weighted by molar-refractivity contribution is 6.33. The molecule has 4 heteroatoms. The predicted molar refractivity (Wildman–Crippen MR) is 81.9 cm³/mol. The highest BCUT2D eigenvalue weighted by Crippen LogP contribution is 2.27. The Morgan fingerprint density at radius 2 is 1.83 bits per heavy atom. The van der Waals surface area contributed by atoms with Crippen LogP contribution in [0.25, 0.3) is 0 Å².